The molecule has 0 spiro atoms. The summed E-state index contributed by atoms with van der Waals surface area (Å²) < 4.78 is 12.2. The molecule has 190 valence electrons. The Morgan fingerprint density at radius 2 is 1.86 bits per heavy atom. The van der Waals surface area contributed by atoms with Crippen molar-refractivity contribution in [2.75, 3.05) is 33.4 Å². The minimum absolute atomic E-state index is 0.0239. The van der Waals surface area contributed by atoms with E-state index in [9.17, 15) is 19.7 Å². The van der Waals surface area contributed by atoms with E-state index in [0.29, 0.717) is 56.8 Å². The number of benzene rings is 1. The lowest BCUT2D eigenvalue weighted by molar-refractivity contribution is -0.384. The largest absolute Gasteiger partial charge is 0.444 e. The Hall–Kier alpha value is -3.47. The van der Waals surface area contributed by atoms with Crippen molar-refractivity contribution in [2.45, 2.75) is 51.6 Å². The van der Waals surface area contributed by atoms with Crippen LogP contribution in [0.1, 0.15) is 62.0 Å². The first-order chi connectivity index (χ1) is 16.6. The number of nitrogens with zero attached hydrogens (tertiary/aromatic N) is 4. The maximum atomic E-state index is 13.0. The molecule has 1 saturated heterocycles. The molecule has 0 radical (unpaired) electrons. The maximum absolute atomic E-state index is 13.0. The molecule has 1 aromatic carbocycles. The van der Waals surface area contributed by atoms with Crippen molar-refractivity contribution in [2.24, 2.45) is 0 Å². The molecule has 2 amide bonds. The highest BCUT2D eigenvalue weighted by molar-refractivity contribution is 5.95. The number of methoxy groups -OCH3 is 1. The van der Waals surface area contributed by atoms with Gasteiger partial charge in [-0.25, -0.2) is 9.48 Å². The topological polar surface area (TPSA) is 129 Å². The Bertz CT molecular complexity index is 1040. The van der Waals surface area contributed by atoms with E-state index < -0.39 is 10.5 Å². The van der Waals surface area contributed by atoms with E-state index in [1.807, 2.05) is 20.8 Å². The summed E-state index contributed by atoms with van der Waals surface area (Å²) in [5, 5.41) is 18.4. The molecule has 2 heterocycles. The molecule has 35 heavy (non-hydrogen) atoms. The summed E-state index contributed by atoms with van der Waals surface area (Å²) in [4.78, 5) is 37.8. The van der Waals surface area contributed by atoms with Crippen LogP contribution in [0.4, 0.5) is 10.5 Å². The molecule has 1 aromatic heterocycles. The van der Waals surface area contributed by atoms with Gasteiger partial charge in [0.25, 0.3) is 11.6 Å². The summed E-state index contributed by atoms with van der Waals surface area (Å²) >= 11 is 0. The van der Waals surface area contributed by atoms with Gasteiger partial charge in [0.05, 0.1) is 28.1 Å². The SMILES string of the molecule is COCCCNC(=O)c1cnn(-c2ccc([N+](=O)[O-])cc2)c1C1CCN(C(=O)OC(C)(C)C)CC1. The fourth-order valence-electron chi connectivity index (χ4n) is 4.02. The minimum atomic E-state index is -0.573. The highest BCUT2D eigenvalue weighted by Crippen LogP contribution is 2.33. The molecule has 2 aromatic rings. The number of nitrogens with one attached hydrogen (secondary N) is 1. The number of nitro benzene ring substituents is 1. The highest BCUT2D eigenvalue weighted by Gasteiger charge is 2.32. The van der Waals surface area contributed by atoms with Crippen molar-refractivity contribution in [1.82, 2.24) is 20.0 Å². The number of carbonyl (C=O) groups is 2. The fraction of sp³-hybridized carbons (Fsp3) is 0.542. The average molecular weight is 488 g/mol. The number of non-ortho nitro benzene ring substituents is 1. The lowest BCUT2D eigenvalue weighted by Gasteiger charge is -2.34. The Labute approximate surface area is 204 Å². The van der Waals surface area contributed by atoms with Crippen molar-refractivity contribution >= 4 is 17.7 Å². The molecular weight excluding hydrogens is 454 g/mol. The summed E-state index contributed by atoms with van der Waals surface area (Å²) in [7, 11) is 1.61. The zero-order chi connectivity index (χ0) is 25.6. The van der Waals surface area contributed by atoms with Crippen LogP contribution in [-0.4, -0.2) is 70.6 Å². The van der Waals surface area contributed by atoms with Crippen molar-refractivity contribution in [3.63, 3.8) is 0 Å². The van der Waals surface area contributed by atoms with E-state index in [-0.39, 0.29) is 23.6 Å². The van der Waals surface area contributed by atoms with Crippen molar-refractivity contribution < 1.29 is 24.0 Å². The first-order valence-corrected chi connectivity index (χ1v) is 11.7. The van der Waals surface area contributed by atoms with Crippen molar-refractivity contribution in [1.29, 1.82) is 0 Å². The number of piperidine rings is 1. The van der Waals surface area contributed by atoms with Gasteiger partial charge in [-0.15, -0.1) is 0 Å². The molecule has 0 aliphatic carbocycles. The Kier molecular flexibility index (Phi) is 8.44. The summed E-state index contributed by atoms with van der Waals surface area (Å²) in [6.07, 6.45) is 3.12. The van der Waals surface area contributed by atoms with E-state index in [1.165, 1.54) is 18.3 Å². The molecule has 1 N–H and O–H groups in total. The lowest BCUT2D eigenvalue weighted by Crippen LogP contribution is -2.41. The zero-order valence-corrected chi connectivity index (χ0v) is 20.7. The van der Waals surface area contributed by atoms with Gasteiger partial charge in [-0.1, -0.05) is 0 Å². The van der Waals surface area contributed by atoms with Gasteiger partial charge < -0.3 is 19.7 Å². The summed E-state index contributed by atoms with van der Waals surface area (Å²) in [6, 6.07) is 6.06. The molecule has 0 saturated carbocycles. The van der Waals surface area contributed by atoms with Crippen LogP contribution in [0, 0.1) is 10.1 Å². The molecule has 11 nitrogen and oxygen atoms in total. The average Bonchev–Trinajstić information content (AvgIpc) is 3.26. The number of hydrogen-bond acceptors (Lipinski definition) is 7. The molecule has 0 atom stereocenters. The molecule has 1 fully saturated rings. The van der Waals surface area contributed by atoms with Crippen LogP contribution in [0.25, 0.3) is 5.69 Å². The summed E-state index contributed by atoms with van der Waals surface area (Å²) in [5.41, 5.74) is 1.21. The zero-order valence-electron chi connectivity index (χ0n) is 20.7. The molecule has 0 unspecified atom stereocenters. The van der Waals surface area contributed by atoms with E-state index in [0.717, 1.165) is 5.69 Å². The normalized spacial score (nSPS) is 14.6. The predicted octanol–water partition coefficient (Wildman–Crippen LogP) is 3.66. The third-order valence-electron chi connectivity index (χ3n) is 5.70. The second-order valence-electron chi connectivity index (χ2n) is 9.47. The van der Waals surface area contributed by atoms with Gasteiger partial charge in [0.15, 0.2) is 0 Å². The summed E-state index contributed by atoms with van der Waals surface area (Å²) in [5.74, 6) is -0.273. The van der Waals surface area contributed by atoms with Crippen LogP contribution in [0.5, 0.6) is 0 Å². The fourth-order valence-corrected chi connectivity index (χ4v) is 4.02. The van der Waals surface area contributed by atoms with E-state index in [2.05, 4.69) is 10.4 Å². The maximum Gasteiger partial charge on any atom is 0.410 e. The van der Waals surface area contributed by atoms with Gasteiger partial charge in [-0.05, 0) is 52.2 Å². The van der Waals surface area contributed by atoms with Crippen molar-refractivity contribution in [3.05, 3.63) is 51.8 Å². The predicted molar refractivity (Wildman–Crippen MR) is 129 cm³/mol. The number of likely N-dealkylation sites (tertiary alicyclic amines) is 1. The first kappa shape index (κ1) is 26.1. The minimum Gasteiger partial charge on any atom is -0.444 e. The first-order valence-electron chi connectivity index (χ1n) is 11.7. The number of nitro groups is 1. The van der Waals surface area contributed by atoms with Crippen molar-refractivity contribution in [3.8, 4) is 5.69 Å². The van der Waals surface area contributed by atoms with Gasteiger partial charge in [-0.3, -0.25) is 14.9 Å². The van der Waals surface area contributed by atoms with Gasteiger partial charge in [0.1, 0.15) is 5.60 Å². The van der Waals surface area contributed by atoms with Gasteiger partial charge >= 0.3 is 6.09 Å². The van der Waals surface area contributed by atoms with E-state index >= 15 is 0 Å². The second kappa shape index (κ2) is 11.3. The molecule has 1 aliphatic heterocycles. The van der Waals surface area contributed by atoms with Crippen LogP contribution in [0.3, 0.4) is 0 Å². The number of aromatic nitrogens is 2. The van der Waals surface area contributed by atoms with Crippen LogP contribution >= 0.6 is 0 Å². The van der Waals surface area contributed by atoms with Crippen LogP contribution < -0.4 is 5.32 Å². The number of amides is 2. The van der Waals surface area contributed by atoms with E-state index in [4.69, 9.17) is 9.47 Å². The van der Waals surface area contributed by atoms with Gasteiger partial charge in [0, 0.05) is 51.4 Å². The highest BCUT2D eigenvalue weighted by atomic mass is 16.6. The standard InChI is InChI=1S/C24H33N5O6/c1-24(2,3)35-23(31)27-13-10-17(11-14-27)21-20(22(30)25-12-5-15-34-4)16-26-28(21)18-6-8-19(9-7-18)29(32)33/h6-9,16-17H,5,10-15H2,1-4H3,(H,25,30). The number of hydrogen-bond donors (Lipinski definition) is 1. The molecule has 3 rings (SSSR count). The smallest absolute Gasteiger partial charge is 0.410 e. The number of rotatable bonds is 8. The number of ether oxygens (including phenoxy) is 2. The van der Waals surface area contributed by atoms with Crippen LogP contribution in [0.2, 0.25) is 0 Å². The van der Waals surface area contributed by atoms with Gasteiger partial charge in [0.2, 0.25) is 0 Å². The Morgan fingerprint density at radius 1 is 1.20 bits per heavy atom. The monoisotopic (exact) mass is 487 g/mol. The second-order valence-corrected chi connectivity index (χ2v) is 9.47. The van der Waals surface area contributed by atoms with E-state index in [1.54, 1.807) is 28.8 Å². The third-order valence-corrected chi connectivity index (χ3v) is 5.70. The number of carbonyl (C=O) groups excluding carboxylic acids is 2. The Morgan fingerprint density at radius 3 is 2.43 bits per heavy atom. The lowest BCUT2D eigenvalue weighted by atomic mass is 9.91. The molecular formula is C24H33N5O6. The molecule has 11 heteroatoms. The molecule has 1 aliphatic rings. The van der Waals surface area contributed by atoms with Crippen LogP contribution in [0.15, 0.2) is 30.5 Å². The quantitative estimate of drug-likeness (QED) is 0.342. The Balaban J connectivity index is 1.84. The van der Waals surface area contributed by atoms with Crippen LogP contribution in [-0.2, 0) is 9.47 Å². The van der Waals surface area contributed by atoms with Gasteiger partial charge in [-0.2, -0.15) is 5.10 Å². The summed E-state index contributed by atoms with van der Waals surface area (Å²) in [6.45, 7) is 7.47. The molecule has 0 bridgehead atoms. The third kappa shape index (κ3) is 6.78.